The summed E-state index contributed by atoms with van der Waals surface area (Å²) in [5.74, 6) is 0.0536. The molecule has 2 aromatic carbocycles. The van der Waals surface area contributed by atoms with Gasteiger partial charge in [-0.1, -0.05) is 24.3 Å². The van der Waals surface area contributed by atoms with Gasteiger partial charge in [0, 0.05) is 6.42 Å². The maximum atomic E-state index is 13.6. The summed E-state index contributed by atoms with van der Waals surface area (Å²) in [5, 5.41) is 0. The van der Waals surface area contributed by atoms with Crippen LogP contribution in [-0.4, -0.2) is 12.9 Å². The van der Waals surface area contributed by atoms with E-state index < -0.39 is 0 Å². The van der Waals surface area contributed by atoms with Crippen molar-refractivity contribution in [3.05, 3.63) is 64.5 Å². The first kappa shape index (κ1) is 14.3. The molecule has 0 radical (unpaired) electrons. The van der Waals surface area contributed by atoms with Gasteiger partial charge in [0.25, 0.3) is 0 Å². The van der Waals surface area contributed by atoms with Crippen molar-refractivity contribution in [3.8, 4) is 5.75 Å². The number of hydrogen-bond donors (Lipinski definition) is 0. The number of aryl methyl sites for hydroxylation is 2. The molecule has 0 bridgehead atoms. The van der Waals surface area contributed by atoms with E-state index in [-0.39, 0.29) is 18.0 Å². The van der Waals surface area contributed by atoms with Crippen molar-refractivity contribution in [1.29, 1.82) is 0 Å². The van der Waals surface area contributed by atoms with Gasteiger partial charge in [0.05, 0.1) is 12.7 Å². The van der Waals surface area contributed by atoms with E-state index in [0.29, 0.717) is 16.9 Å². The van der Waals surface area contributed by atoms with E-state index in [2.05, 4.69) is 0 Å². The van der Waals surface area contributed by atoms with E-state index in [1.165, 1.54) is 13.2 Å². The molecule has 3 heteroatoms. The summed E-state index contributed by atoms with van der Waals surface area (Å²) in [6.45, 7) is 3.81. The summed E-state index contributed by atoms with van der Waals surface area (Å²) < 4.78 is 18.9. The minimum absolute atomic E-state index is 0.0347. The van der Waals surface area contributed by atoms with Crippen LogP contribution in [0.25, 0.3) is 0 Å². The summed E-state index contributed by atoms with van der Waals surface area (Å²) in [6.07, 6.45) is 0.0347. The zero-order valence-corrected chi connectivity index (χ0v) is 11.9. The molecule has 20 heavy (non-hydrogen) atoms. The van der Waals surface area contributed by atoms with Gasteiger partial charge in [-0.05, 0) is 42.7 Å². The monoisotopic (exact) mass is 272 g/mol. The first-order valence-electron chi connectivity index (χ1n) is 6.44. The van der Waals surface area contributed by atoms with Gasteiger partial charge in [0.2, 0.25) is 0 Å². The summed E-state index contributed by atoms with van der Waals surface area (Å²) in [6, 6.07) is 10.1. The van der Waals surface area contributed by atoms with Crippen LogP contribution >= 0.6 is 0 Å². The highest BCUT2D eigenvalue weighted by Crippen LogP contribution is 2.26. The van der Waals surface area contributed by atoms with Gasteiger partial charge >= 0.3 is 0 Å². The topological polar surface area (TPSA) is 26.3 Å². The van der Waals surface area contributed by atoms with Gasteiger partial charge in [-0.15, -0.1) is 0 Å². The van der Waals surface area contributed by atoms with E-state index in [4.69, 9.17) is 4.74 Å². The molecule has 0 spiro atoms. The minimum atomic E-state index is -0.357. The zero-order chi connectivity index (χ0) is 14.7. The quantitative estimate of drug-likeness (QED) is 0.790. The molecule has 0 saturated carbocycles. The van der Waals surface area contributed by atoms with Crippen molar-refractivity contribution in [1.82, 2.24) is 0 Å². The Balaban J connectivity index is 2.37. The van der Waals surface area contributed by atoms with Gasteiger partial charge in [-0.25, -0.2) is 4.39 Å². The van der Waals surface area contributed by atoms with Crippen LogP contribution in [0.5, 0.6) is 5.75 Å². The fourth-order valence-electron chi connectivity index (χ4n) is 2.35. The van der Waals surface area contributed by atoms with Crippen molar-refractivity contribution >= 4 is 5.78 Å². The predicted octanol–water partition coefficient (Wildman–Crippen LogP) is 3.88. The Morgan fingerprint density at radius 2 is 1.90 bits per heavy atom. The van der Waals surface area contributed by atoms with Crippen LogP contribution in [0.4, 0.5) is 4.39 Å². The second-order valence-electron chi connectivity index (χ2n) is 4.85. The highest BCUT2D eigenvalue weighted by molar-refractivity contribution is 6.01. The second-order valence-corrected chi connectivity index (χ2v) is 4.85. The number of benzene rings is 2. The molecule has 104 valence electrons. The molecule has 0 fully saturated rings. The van der Waals surface area contributed by atoms with E-state index in [1.54, 1.807) is 18.2 Å². The second kappa shape index (κ2) is 5.87. The fraction of sp³-hybridized carbons (Fsp3) is 0.235. The van der Waals surface area contributed by atoms with E-state index in [1.807, 2.05) is 26.0 Å². The maximum Gasteiger partial charge on any atom is 0.171 e. The molecular weight excluding hydrogens is 255 g/mol. The summed E-state index contributed by atoms with van der Waals surface area (Å²) >= 11 is 0. The van der Waals surface area contributed by atoms with Gasteiger partial charge < -0.3 is 4.74 Å². The number of rotatable bonds is 4. The van der Waals surface area contributed by atoms with Crippen molar-refractivity contribution < 1.29 is 13.9 Å². The minimum Gasteiger partial charge on any atom is -0.496 e. The third-order valence-corrected chi connectivity index (χ3v) is 3.25. The van der Waals surface area contributed by atoms with Crippen molar-refractivity contribution in [2.24, 2.45) is 0 Å². The molecule has 2 rings (SSSR count). The number of carbonyl (C=O) groups is 1. The molecule has 0 unspecified atom stereocenters. The van der Waals surface area contributed by atoms with E-state index in [0.717, 1.165) is 11.1 Å². The van der Waals surface area contributed by atoms with Gasteiger partial charge in [-0.2, -0.15) is 0 Å². The number of methoxy groups -OCH3 is 1. The average molecular weight is 272 g/mol. The lowest BCUT2D eigenvalue weighted by molar-refractivity contribution is 0.0988. The van der Waals surface area contributed by atoms with Gasteiger partial charge in [-0.3, -0.25) is 4.79 Å². The van der Waals surface area contributed by atoms with Crippen LogP contribution in [0, 0.1) is 19.7 Å². The molecule has 0 heterocycles. The van der Waals surface area contributed by atoms with Crippen molar-refractivity contribution in [2.45, 2.75) is 20.3 Å². The van der Waals surface area contributed by atoms with E-state index >= 15 is 0 Å². The number of Topliss-reactive ketones (excluding diaryl/α,β-unsaturated/α-hetero) is 1. The van der Waals surface area contributed by atoms with E-state index in [9.17, 15) is 9.18 Å². The zero-order valence-electron chi connectivity index (χ0n) is 11.9. The first-order valence-corrected chi connectivity index (χ1v) is 6.44. The average Bonchev–Trinajstić information content (AvgIpc) is 2.40. The summed E-state index contributed by atoms with van der Waals surface area (Å²) in [7, 11) is 1.54. The van der Waals surface area contributed by atoms with Crippen molar-refractivity contribution in [3.63, 3.8) is 0 Å². The fourth-order valence-corrected chi connectivity index (χ4v) is 2.35. The normalized spacial score (nSPS) is 10.4. The summed E-state index contributed by atoms with van der Waals surface area (Å²) in [4.78, 5) is 12.4. The van der Waals surface area contributed by atoms with Gasteiger partial charge in [0.1, 0.15) is 11.6 Å². The smallest absolute Gasteiger partial charge is 0.171 e. The Labute approximate surface area is 118 Å². The van der Waals surface area contributed by atoms with Crippen LogP contribution in [0.15, 0.2) is 36.4 Å². The lowest BCUT2D eigenvalue weighted by Crippen LogP contribution is -2.09. The number of hydrogen-bond acceptors (Lipinski definition) is 2. The molecule has 0 amide bonds. The van der Waals surface area contributed by atoms with Crippen molar-refractivity contribution in [2.75, 3.05) is 7.11 Å². The Hall–Kier alpha value is -2.16. The molecular formula is C17H17FO2. The SMILES string of the molecule is COc1cc(C)cc(C)c1C(=O)Cc1ccccc1F. The number of ketones is 1. The highest BCUT2D eigenvalue weighted by atomic mass is 19.1. The number of ether oxygens (including phenoxy) is 1. The molecule has 0 saturated heterocycles. The molecule has 0 aliphatic heterocycles. The number of carbonyl (C=O) groups excluding carboxylic acids is 1. The Kier molecular flexibility index (Phi) is 4.18. The predicted molar refractivity (Wildman–Crippen MR) is 76.9 cm³/mol. The van der Waals surface area contributed by atoms with Crippen LogP contribution < -0.4 is 4.74 Å². The van der Waals surface area contributed by atoms with Crippen LogP contribution in [0.1, 0.15) is 27.0 Å². The van der Waals surface area contributed by atoms with Crippen LogP contribution in [0.2, 0.25) is 0 Å². The van der Waals surface area contributed by atoms with Crippen LogP contribution in [-0.2, 0) is 6.42 Å². The lowest BCUT2D eigenvalue weighted by Gasteiger charge is -2.12. The third-order valence-electron chi connectivity index (χ3n) is 3.25. The standard InChI is InChI=1S/C17H17FO2/c1-11-8-12(2)17(16(9-11)20-3)15(19)10-13-6-4-5-7-14(13)18/h4-9H,10H2,1-3H3. The summed E-state index contributed by atoms with van der Waals surface area (Å²) in [5.41, 5.74) is 2.81. The Morgan fingerprint density at radius 3 is 2.55 bits per heavy atom. The van der Waals surface area contributed by atoms with Gasteiger partial charge in [0.15, 0.2) is 5.78 Å². The Bertz CT molecular complexity index is 647. The Morgan fingerprint density at radius 1 is 1.20 bits per heavy atom. The largest absolute Gasteiger partial charge is 0.496 e. The lowest BCUT2D eigenvalue weighted by atomic mass is 9.96. The molecule has 2 aromatic rings. The molecule has 0 aliphatic rings. The molecule has 0 aromatic heterocycles. The maximum absolute atomic E-state index is 13.6. The molecule has 0 atom stereocenters. The molecule has 2 nitrogen and oxygen atoms in total. The molecule has 0 aliphatic carbocycles. The third kappa shape index (κ3) is 2.87. The number of halogens is 1. The van der Waals surface area contributed by atoms with Crippen LogP contribution in [0.3, 0.4) is 0 Å². The highest BCUT2D eigenvalue weighted by Gasteiger charge is 2.17. The molecule has 0 N–H and O–H groups in total. The first-order chi connectivity index (χ1) is 9.52.